The third-order valence-corrected chi connectivity index (χ3v) is 1.98. The molecule has 4 nitrogen and oxygen atoms in total. The molecule has 0 saturated heterocycles. The lowest BCUT2D eigenvalue weighted by atomic mass is 10.1. The van der Waals surface area contributed by atoms with Crippen LogP contribution in [0.15, 0.2) is 12.1 Å². The number of hydrogen-bond donors (Lipinski definition) is 1. The van der Waals surface area contributed by atoms with E-state index in [1.54, 1.807) is 13.8 Å². The molecular formula is C11H14O4. The zero-order valence-electron chi connectivity index (χ0n) is 9.03. The van der Waals surface area contributed by atoms with Gasteiger partial charge in [0.2, 0.25) is 0 Å². The van der Waals surface area contributed by atoms with Crippen LogP contribution in [0, 0.1) is 6.92 Å². The third kappa shape index (κ3) is 2.40. The van der Waals surface area contributed by atoms with Gasteiger partial charge < -0.3 is 14.6 Å². The molecule has 0 aliphatic rings. The van der Waals surface area contributed by atoms with Gasteiger partial charge in [-0.15, -0.1) is 0 Å². The van der Waals surface area contributed by atoms with Gasteiger partial charge >= 0.3 is 5.97 Å². The fourth-order valence-electron chi connectivity index (χ4n) is 1.36. The van der Waals surface area contributed by atoms with Crippen molar-refractivity contribution in [2.75, 3.05) is 13.7 Å². The van der Waals surface area contributed by atoms with E-state index in [4.69, 9.17) is 9.47 Å². The molecule has 0 bridgehead atoms. The molecule has 0 aliphatic heterocycles. The number of phenolic OH excluding ortho intramolecular Hbond substituents is 1. The molecule has 1 rings (SSSR count). The first-order valence-corrected chi connectivity index (χ1v) is 4.64. The Hall–Kier alpha value is -1.71. The van der Waals surface area contributed by atoms with E-state index in [9.17, 15) is 9.90 Å². The number of esters is 1. The van der Waals surface area contributed by atoms with E-state index in [2.05, 4.69) is 0 Å². The average Bonchev–Trinajstić information content (AvgIpc) is 2.16. The van der Waals surface area contributed by atoms with Crippen molar-refractivity contribution < 1.29 is 19.4 Å². The summed E-state index contributed by atoms with van der Waals surface area (Å²) in [6, 6.07) is 2.88. The summed E-state index contributed by atoms with van der Waals surface area (Å²) in [5.74, 6) is -0.0461. The fourth-order valence-corrected chi connectivity index (χ4v) is 1.36. The lowest BCUT2D eigenvalue weighted by Gasteiger charge is -2.10. The lowest BCUT2D eigenvalue weighted by molar-refractivity contribution is 0.0522. The Bertz CT molecular complexity index is 371. The standard InChI is InChI=1S/C11H14O4/c1-4-15-11(13)10-7(2)5-8(12)6-9(10)14-3/h5-6,12H,4H2,1-3H3. The Labute approximate surface area is 88.4 Å². The predicted molar refractivity (Wildman–Crippen MR) is 55.4 cm³/mol. The minimum absolute atomic E-state index is 0.0670. The van der Waals surface area contributed by atoms with E-state index in [0.29, 0.717) is 23.5 Å². The highest BCUT2D eigenvalue weighted by Gasteiger charge is 2.17. The van der Waals surface area contributed by atoms with Crippen LogP contribution in [0.1, 0.15) is 22.8 Å². The molecule has 0 atom stereocenters. The van der Waals surface area contributed by atoms with E-state index >= 15 is 0 Å². The summed E-state index contributed by atoms with van der Waals surface area (Å²) in [6.07, 6.45) is 0. The van der Waals surface area contributed by atoms with E-state index < -0.39 is 5.97 Å². The highest BCUT2D eigenvalue weighted by atomic mass is 16.5. The molecule has 0 aromatic heterocycles. The van der Waals surface area contributed by atoms with Crippen LogP contribution in [0.3, 0.4) is 0 Å². The van der Waals surface area contributed by atoms with E-state index in [1.165, 1.54) is 19.2 Å². The van der Waals surface area contributed by atoms with Crippen molar-refractivity contribution in [3.05, 3.63) is 23.3 Å². The average molecular weight is 210 g/mol. The topological polar surface area (TPSA) is 55.8 Å². The van der Waals surface area contributed by atoms with Crippen LogP contribution in [0.25, 0.3) is 0 Å². The van der Waals surface area contributed by atoms with Crippen molar-refractivity contribution in [2.45, 2.75) is 13.8 Å². The monoisotopic (exact) mass is 210 g/mol. The van der Waals surface area contributed by atoms with Crippen LogP contribution < -0.4 is 4.74 Å². The molecule has 1 N–H and O–H groups in total. The molecule has 15 heavy (non-hydrogen) atoms. The van der Waals surface area contributed by atoms with Gasteiger partial charge in [-0.25, -0.2) is 4.79 Å². The molecule has 1 aromatic carbocycles. The first-order valence-electron chi connectivity index (χ1n) is 4.64. The van der Waals surface area contributed by atoms with Crippen LogP contribution in [0.4, 0.5) is 0 Å². The Kier molecular flexibility index (Phi) is 3.55. The normalized spacial score (nSPS) is 9.80. The minimum Gasteiger partial charge on any atom is -0.508 e. The maximum Gasteiger partial charge on any atom is 0.342 e. The minimum atomic E-state index is -0.438. The van der Waals surface area contributed by atoms with Gasteiger partial charge in [0.1, 0.15) is 17.1 Å². The first-order chi connectivity index (χ1) is 7.10. The quantitative estimate of drug-likeness (QED) is 0.774. The number of aromatic hydroxyl groups is 1. The SMILES string of the molecule is CCOC(=O)c1c(C)cc(O)cc1OC. The van der Waals surface area contributed by atoms with Gasteiger partial charge in [0.15, 0.2) is 0 Å². The molecule has 0 fully saturated rings. The zero-order chi connectivity index (χ0) is 11.4. The van der Waals surface area contributed by atoms with Crippen LogP contribution in [-0.2, 0) is 4.74 Å². The second-order valence-corrected chi connectivity index (χ2v) is 3.06. The summed E-state index contributed by atoms with van der Waals surface area (Å²) in [4.78, 5) is 11.6. The van der Waals surface area contributed by atoms with Gasteiger partial charge in [-0.3, -0.25) is 0 Å². The summed E-state index contributed by atoms with van der Waals surface area (Å²) in [5, 5.41) is 9.33. The number of rotatable bonds is 3. The van der Waals surface area contributed by atoms with Gasteiger partial charge in [-0.2, -0.15) is 0 Å². The van der Waals surface area contributed by atoms with Crippen LogP contribution in [0.2, 0.25) is 0 Å². The fraction of sp³-hybridized carbons (Fsp3) is 0.364. The summed E-state index contributed by atoms with van der Waals surface area (Å²) in [7, 11) is 1.44. The van der Waals surface area contributed by atoms with Gasteiger partial charge in [-0.1, -0.05) is 0 Å². The highest BCUT2D eigenvalue weighted by molar-refractivity contribution is 5.94. The van der Waals surface area contributed by atoms with Crippen molar-refractivity contribution in [3.8, 4) is 11.5 Å². The molecule has 4 heteroatoms. The van der Waals surface area contributed by atoms with Crippen LogP contribution in [0.5, 0.6) is 11.5 Å². The smallest absolute Gasteiger partial charge is 0.342 e. The van der Waals surface area contributed by atoms with Crippen molar-refractivity contribution >= 4 is 5.97 Å². The molecule has 1 aromatic rings. The molecule has 0 amide bonds. The summed E-state index contributed by atoms with van der Waals surface area (Å²) >= 11 is 0. The van der Waals surface area contributed by atoms with Gasteiger partial charge in [-0.05, 0) is 25.5 Å². The number of phenols is 1. The number of ether oxygens (including phenoxy) is 2. The highest BCUT2D eigenvalue weighted by Crippen LogP contribution is 2.28. The Balaban J connectivity index is 3.20. The molecule has 0 heterocycles. The maximum atomic E-state index is 11.6. The molecular weight excluding hydrogens is 196 g/mol. The van der Waals surface area contributed by atoms with Crippen molar-refractivity contribution in [1.29, 1.82) is 0 Å². The van der Waals surface area contributed by atoms with Gasteiger partial charge in [0.25, 0.3) is 0 Å². The largest absolute Gasteiger partial charge is 0.508 e. The van der Waals surface area contributed by atoms with E-state index in [-0.39, 0.29) is 5.75 Å². The number of carbonyl (C=O) groups excluding carboxylic acids is 1. The van der Waals surface area contributed by atoms with Gasteiger partial charge in [0.05, 0.1) is 13.7 Å². The number of carbonyl (C=O) groups is 1. The predicted octanol–water partition coefficient (Wildman–Crippen LogP) is 1.89. The van der Waals surface area contributed by atoms with Crippen molar-refractivity contribution in [2.24, 2.45) is 0 Å². The molecule has 0 unspecified atom stereocenters. The van der Waals surface area contributed by atoms with Crippen LogP contribution in [-0.4, -0.2) is 24.8 Å². The van der Waals surface area contributed by atoms with Crippen LogP contribution >= 0.6 is 0 Å². The summed E-state index contributed by atoms with van der Waals surface area (Å²) in [5.41, 5.74) is 0.988. The Morgan fingerprint density at radius 1 is 1.47 bits per heavy atom. The number of hydrogen-bond acceptors (Lipinski definition) is 4. The maximum absolute atomic E-state index is 11.6. The molecule has 0 aliphatic carbocycles. The first kappa shape index (κ1) is 11.4. The zero-order valence-corrected chi connectivity index (χ0v) is 9.03. The Morgan fingerprint density at radius 3 is 2.67 bits per heavy atom. The van der Waals surface area contributed by atoms with Crippen molar-refractivity contribution in [1.82, 2.24) is 0 Å². The number of methoxy groups -OCH3 is 1. The van der Waals surface area contributed by atoms with E-state index in [1.807, 2.05) is 0 Å². The number of aryl methyl sites for hydroxylation is 1. The summed E-state index contributed by atoms with van der Waals surface area (Å²) in [6.45, 7) is 3.76. The van der Waals surface area contributed by atoms with Gasteiger partial charge in [0, 0.05) is 6.07 Å². The third-order valence-electron chi connectivity index (χ3n) is 1.98. The second kappa shape index (κ2) is 4.68. The second-order valence-electron chi connectivity index (χ2n) is 3.06. The lowest BCUT2D eigenvalue weighted by Crippen LogP contribution is -2.08. The summed E-state index contributed by atoms with van der Waals surface area (Å²) < 4.78 is 9.90. The Morgan fingerprint density at radius 2 is 2.13 bits per heavy atom. The van der Waals surface area contributed by atoms with E-state index in [0.717, 1.165) is 0 Å². The van der Waals surface area contributed by atoms with Crippen molar-refractivity contribution in [3.63, 3.8) is 0 Å². The molecule has 82 valence electrons. The number of benzene rings is 1. The molecule has 0 radical (unpaired) electrons. The molecule has 0 spiro atoms. The molecule has 0 saturated carbocycles.